The minimum absolute atomic E-state index is 0.146. The average molecular weight is 366 g/mol. The Hall–Kier alpha value is -1.99. The third-order valence-electron chi connectivity index (χ3n) is 4.42. The molecule has 0 amide bonds. The van der Waals surface area contributed by atoms with E-state index in [1.54, 1.807) is 12.1 Å². The van der Waals surface area contributed by atoms with Gasteiger partial charge in [0, 0.05) is 6.07 Å². The number of sulfonamides is 1. The smallest absolute Gasteiger partial charge is 0.242 e. The third kappa shape index (κ3) is 3.39. The molecule has 0 radical (unpaired) electrons. The molecule has 0 saturated carbocycles. The molecule has 25 heavy (non-hydrogen) atoms. The lowest BCUT2D eigenvalue weighted by atomic mass is 10.0. The molecule has 0 saturated heterocycles. The van der Waals surface area contributed by atoms with Crippen LogP contribution in [-0.4, -0.2) is 27.3 Å². The molecule has 0 aromatic heterocycles. The minimum Gasteiger partial charge on any atom is -0.320 e. The predicted octanol–water partition coefficient (Wildman–Crippen LogP) is 3.36. The Morgan fingerprint density at radius 1 is 1.16 bits per heavy atom. The fraction of sp³-hybridized carbons (Fsp3) is 0.333. The van der Waals surface area contributed by atoms with E-state index in [0.717, 1.165) is 15.9 Å². The van der Waals surface area contributed by atoms with Gasteiger partial charge in [0.2, 0.25) is 10.0 Å². The van der Waals surface area contributed by atoms with Crippen molar-refractivity contribution in [3.05, 3.63) is 59.7 Å². The van der Waals surface area contributed by atoms with Crippen LogP contribution in [0.4, 0.5) is 20.2 Å². The standard InChI is InChI=1S/C18H20F2N2O2S/c1-21-10-4-6-15-11-13-5-2-3-7-17(13)22(25(15,23)24)18-9-8-14(19)12-16(18)20/h2-3,5,7-9,12,15,21H,4,6,10-11H2,1H3. The highest BCUT2D eigenvalue weighted by Crippen LogP contribution is 2.40. The lowest BCUT2D eigenvalue weighted by Gasteiger charge is -2.35. The molecule has 0 aliphatic carbocycles. The zero-order chi connectivity index (χ0) is 18.0. The maximum Gasteiger partial charge on any atom is 0.242 e. The number of nitrogens with one attached hydrogen (secondary N) is 1. The molecule has 1 unspecified atom stereocenters. The van der Waals surface area contributed by atoms with E-state index in [2.05, 4.69) is 5.32 Å². The molecule has 0 spiro atoms. The van der Waals surface area contributed by atoms with E-state index >= 15 is 0 Å². The first-order valence-electron chi connectivity index (χ1n) is 8.17. The summed E-state index contributed by atoms with van der Waals surface area (Å²) in [4.78, 5) is 0. The van der Waals surface area contributed by atoms with Gasteiger partial charge in [-0.1, -0.05) is 18.2 Å². The zero-order valence-corrected chi connectivity index (χ0v) is 14.7. The van der Waals surface area contributed by atoms with Crippen LogP contribution in [0.5, 0.6) is 0 Å². The largest absolute Gasteiger partial charge is 0.320 e. The van der Waals surface area contributed by atoms with Crippen LogP contribution in [0.3, 0.4) is 0 Å². The molecule has 0 fully saturated rings. The van der Waals surface area contributed by atoms with Gasteiger partial charge in [-0.15, -0.1) is 0 Å². The van der Waals surface area contributed by atoms with Gasteiger partial charge in [0.15, 0.2) is 5.82 Å². The molecule has 134 valence electrons. The summed E-state index contributed by atoms with van der Waals surface area (Å²) < 4.78 is 55.0. The Kier molecular flexibility index (Phi) is 5.06. The lowest BCUT2D eigenvalue weighted by molar-refractivity contribution is 0.550. The Bertz CT molecular complexity index is 871. The fourth-order valence-corrected chi connectivity index (χ4v) is 5.22. The van der Waals surface area contributed by atoms with Crippen molar-refractivity contribution in [3.63, 3.8) is 0 Å². The van der Waals surface area contributed by atoms with Crippen LogP contribution in [0.15, 0.2) is 42.5 Å². The predicted molar refractivity (Wildman–Crippen MR) is 94.5 cm³/mol. The second-order valence-electron chi connectivity index (χ2n) is 6.11. The Labute approximate surface area is 146 Å². The van der Waals surface area contributed by atoms with E-state index < -0.39 is 26.9 Å². The van der Waals surface area contributed by atoms with Crippen LogP contribution >= 0.6 is 0 Å². The highest BCUT2D eigenvalue weighted by Gasteiger charge is 2.39. The first-order chi connectivity index (χ1) is 11.9. The van der Waals surface area contributed by atoms with Crippen LogP contribution in [0.25, 0.3) is 0 Å². The quantitative estimate of drug-likeness (QED) is 0.826. The summed E-state index contributed by atoms with van der Waals surface area (Å²) >= 11 is 0. The summed E-state index contributed by atoms with van der Waals surface area (Å²) in [6.45, 7) is 0.707. The summed E-state index contributed by atoms with van der Waals surface area (Å²) in [5.74, 6) is -1.64. The molecule has 4 nitrogen and oxygen atoms in total. The van der Waals surface area contributed by atoms with Crippen molar-refractivity contribution in [2.45, 2.75) is 24.5 Å². The maximum atomic E-state index is 14.3. The number of hydrogen-bond acceptors (Lipinski definition) is 3. The molecule has 1 aliphatic rings. The molecule has 1 aliphatic heterocycles. The van der Waals surface area contributed by atoms with Crippen LogP contribution in [0, 0.1) is 11.6 Å². The van der Waals surface area contributed by atoms with Crippen molar-refractivity contribution in [2.24, 2.45) is 0 Å². The van der Waals surface area contributed by atoms with E-state index in [1.807, 2.05) is 19.2 Å². The number of rotatable bonds is 5. The summed E-state index contributed by atoms with van der Waals surface area (Å²) in [5, 5.41) is 2.36. The topological polar surface area (TPSA) is 49.4 Å². The first kappa shape index (κ1) is 17.8. The van der Waals surface area contributed by atoms with Crippen molar-refractivity contribution >= 4 is 21.4 Å². The molecule has 7 heteroatoms. The highest BCUT2D eigenvalue weighted by molar-refractivity contribution is 7.93. The summed E-state index contributed by atoms with van der Waals surface area (Å²) in [6.07, 6.45) is 1.56. The molecular formula is C18H20F2N2O2S. The van der Waals surface area contributed by atoms with Gasteiger partial charge < -0.3 is 5.32 Å². The van der Waals surface area contributed by atoms with Crippen molar-refractivity contribution in [1.29, 1.82) is 0 Å². The SMILES string of the molecule is CNCCCC1Cc2ccccc2N(c2ccc(F)cc2F)S1(=O)=O. The average Bonchev–Trinajstić information content (AvgIpc) is 2.57. The van der Waals surface area contributed by atoms with Gasteiger partial charge in [-0.05, 0) is 56.6 Å². The number of hydrogen-bond donors (Lipinski definition) is 1. The molecule has 1 atom stereocenters. The molecule has 0 bridgehead atoms. The number of anilines is 2. The van der Waals surface area contributed by atoms with Crippen LogP contribution < -0.4 is 9.62 Å². The number of fused-ring (bicyclic) bond motifs is 1. The molecule has 2 aromatic rings. The molecule has 2 aromatic carbocycles. The van der Waals surface area contributed by atoms with Crippen molar-refractivity contribution in [2.75, 3.05) is 17.9 Å². The van der Waals surface area contributed by atoms with E-state index in [1.165, 1.54) is 6.07 Å². The van der Waals surface area contributed by atoms with Gasteiger partial charge in [0.05, 0.1) is 16.6 Å². The monoisotopic (exact) mass is 366 g/mol. The molecule has 1 N–H and O–H groups in total. The van der Waals surface area contributed by atoms with Gasteiger partial charge in [0.25, 0.3) is 0 Å². The van der Waals surface area contributed by atoms with E-state index in [-0.39, 0.29) is 5.69 Å². The number of para-hydroxylation sites is 1. The van der Waals surface area contributed by atoms with Crippen LogP contribution in [0.1, 0.15) is 18.4 Å². The van der Waals surface area contributed by atoms with Crippen molar-refractivity contribution < 1.29 is 17.2 Å². The fourth-order valence-electron chi connectivity index (χ4n) is 3.19. The maximum absolute atomic E-state index is 14.3. The number of halogens is 2. The Balaban J connectivity index is 2.10. The van der Waals surface area contributed by atoms with Crippen LogP contribution in [-0.2, 0) is 16.4 Å². The van der Waals surface area contributed by atoms with Gasteiger partial charge in [-0.3, -0.25) is 0 Å². The summed E-state index contributed by atoms with van der Waals surface area (Å²) in [6, 6.07) is 10.0. The second kappa shape index (κ2) is 7.09. The number of benzene rings is 2. The van der Waals surface area contributed by atoms with Gasteiger partial charge in [-0.2, -0.15) is 0 Å². The van der Waals surface area contributed by atoms with E-state index in [9.17, 15) is 17.2 Å². The molecular weight excluding hydrogens is 346 g/mol. The van der Waals surface area contributed by atoms with Crippen molar-refractivity contribution in [1.82, 2.24) is 5.32 Å². The van der Waals surface area contributed by atoms with E-state index in [0.29, 0.717) is 37.6 Å². The van der Waals surface area contributed by atoms with Gasteiger partial charge in [-0.25, -0.2) is 21.5 Å². The minimum atomic E-state index is -3.80. The Morgan fingerprint density at radius 3 is 2.64 bits per heavy atom. The zero-order valence-electron chi connectivity index (χ0n) is 13.9. The second-order valence-corrected chi connectivity index (χ2v) is 8.17. The summed E-state index contributed by atoms with van der Waals surface area (Å²) in [7, 11) is -1.99. The van der Waals surface area contributed by atoms with E-state index in [4.69, 9.17) is 0 Å². The third-order valence-corrected chi connectivity index (χ3v) is 6.56. The van der Waals surface area contributed by atoms with Gasteiger partial charge >= 0.3 is 0 Å². The highest BCUT2D eigenvalue weighted by atomic mass is 32.2. The first-order valence-corrected chi connectivity index (χ1v) is 9.67. The number of nitrogens with zero attached hydrogens (tertiary/aromatic N) is 1. The normalized spacial score (nSPS) is 18.8. The Morgan fingerprint density at radius 2 is 1.92 bits per heavy atom. The van der Waals surface area contributed by atoms with Crippen LogP contribution in [0.2, 0.25) is 0 Å². The summed E-state index contributed by atoms with van der Waals surface area (Å²) in [5.41, 5.74) is 1.13. The molecule has 1 heterocycles. The van der Waals surface area contributed by atoms with Gasteiger partial charge in [0.1, 0.15) is 5.82 Å². The lowest BCUT2D eigenvalue weighted by Crippen LogP contribution is -2.42. The van der Waals surface area contributed by atoms with Crippen molar-refractivity contribution in [3.8, 4) is 0 Å². The molecule has 3 rings (SSSR count).